The number of non-ortho nitro benzene ring substituents is 1. The van der Waals surface area contributed by atoms with Crippen molar-refractivity contribution in [1.82, 2.24) is 0 Å². The van der Waals surface area contributed by atoms with Crippen LogP contribution in [0, 0.1) is 10.1 Å². The number of hydrogen-bond acceptors (Lipinski definition) is 4. The molecule has 0 aliphatic carbocycles. The van der Waals surface area contributed by atoms with E-state index in [0.29, 0.717) is 12.1 Å². The molecule has 1 aliphatic heterocycles. The van der Waals surface area contributed by atoms with E-state index in [2.05, 4.69) is 7.05 Å². The second-order valence-corrected chi connectivity index (χ2v) is 5.28. The van der Waals surface area contributed by atoms with E-state index >= 15 is 0 Å². The molecule has 2 N–H and O–H groups in total. The van der Waals surface area contributed by atoms with Crippen LogP contribution in [0.4, 0.5) is 5.69 Å². The minimum atomic E-state index is -0.491. The molecule has 1 heterocycles. The van der Waals surface area contributed by atoms with E-state index in [0.717, 1.165) is 26.2 Å². The predicted octanol–water partition coefficient (Wildman–Crippen LogP) is -2.41. The van der Waals surface area contributed by atoms with Crippen LogP contribution in [-0.2, 0) is 6.54 Å². The number of rotatable bonds is 4. The first-order valence-corrected chi connectivity index (χ1v) is 6.68. The third-order valence-corrected chi connectivity index (χ3v) is 3.80. The highest BCUT2D eigenvalue weighted by molar-refractivity contribution is 5.52. The van der Waals surface area contributed by atoms with E-state index in [1.807, 2.05) is 0 Å². The molecule has 1 aromatic carbocycles. The topological polar surface area (TPSA) is 84.3 Å². The van der Waals surface area contributed by atoms with Crippen molar-refractivity contribution in [1.29, 1.82) is 0 Å². The van der Waals surface area contributed by atoms with Crippen LogP contribution < -0.4 is 19.6 Å². The van der Waals surface area contributed by atoms with Crippen LogP contribution in [0.15, 0.2) is 12.1 Å². The SMILES string of the molecule is COc1cc([N+](=O)[O-])cc(C[NH+]2CC[NH+](C)CC2)c1[O-]. The van der Waals surface area contributed by atoms with Crippen molar-refractivity contribution in [2.75, 3.05) is 40.3 Å². The van der Waals surface area contributed by atoms with Gasteiger partial charge in [-0.05, 0) is 0 Å². The van der Waals surface area contributed by atoms with Gasteiger partial charge in [-0.1, -0.05) is 5.75 Å². The average molecular weight is 282 g/mol. The van der Waals surface area contributed by atoms with Gasteiger partial charge < -0.3 is 19.6 Å². The fourth-order valence-corrected chi connectivity index (χ4v) is 2.51. The minimum absolute atomic E-state index is 0.0494. The number of piperazine rings is 1. The molecule has 2 rings (SSSR count). The summed E-state index contributed by atoms with van der Waals surface area (Å²) in [4.78, 5) is 13.2. The summed E-state index contributed by atoms with van der Waals surface area (Å²) in [6.45, 7) is 4.56. The summed E-state index contributed by atoms with van der Waals surface area (Å²) < 4.78 is 4.95. The molecule has 110 valence electrons. The summed E-state index contributed by atoms with van der Waals surface area (Å²) in [5, 5.41) is 23.1. The van der Waals surface area contributed by atoms with E-state index in [4.69, 9.17) is 4.74 Å². The van der Waals surface area contributed by atoms with Gasteiger partial charge in [-0.15, -0.1) is 0 Å². The maximum absolute atomic E-state index is 12.1. The maximum atomic E-state index is 12.1. The Morgan fingerprint density at radius 3 is 2.50 bits per heavy atom. The minimum Gasteiger partial charge on any atom is -0.870 e. The molecule has 1 fully saturated rings. The number of nitro benzene ring substituents is 1. The quantitative estimate of drug-likeness (QED) is 0.476. The van der Waals surface area contributed by atoms with E-state index < -0.39 is 4.92 Å². The number of quaternary nitrogens is 2. The molecule has 0 aromatic heterocycles. The zero-order chi connectivity index (χ0) is 14.7. The molecule has 0 unspecified atom stereocenters. The molecule has 7 heteroatoms. The number of hydrogen-bond donors (Lipinski definition) is 2. The Balaban J connectivity index is 2.21. The second kappa shape index (κ2) is 6.06. The molecule has 1 aliphatic rings. The Hall–Kier alpha value is -1.86. The summed E-state index contributed by atoms with van der Waals surface area (Å²) in [5.41, 5.74) is 0.376. The lowest BCUT2D eigenvalue weighted by Crippen LogP contribution is -3.26. The number of methoxy groups -OCH3 is 1. The van der Waals surface area contributed by atoms with Gasteiger partial charge in [0.2, 0.25) is 0 Å². The first-order valence-electron chi connectivity index (χ1n) is 6.68. The number of nitro groups is 1. The van der Waals surface area contributed by atoms with Gasteiger partial charge in [0.15, 0.2) is 0 Å². The third-order valence-electron chi connectivity index (χ3n) is 3.80. The third kappa shape index (κ3) is 3.17. The molecule has 0 atom stereocenters. The molecule has 0 spiro atoms. The van der Waals surface area contributed by atoms with Crippen LogP contribution in [0.5, 0.6) is 11.5 Å². The van der Waals surface area contributed by atoms with Gasteiger partial charge in [0.05, 0.1) is 25.1 Å². The van der Waals surface area contributed by atoms with Crippen LogP contribution in [0.25, 0.3) is 0 Å². The number of nitrogens with zero attached hydrogens (tertiary/aromatic N) is 1. The van der Waals surface area contributed by atoms with Crippen molar-refractivity contribution in [2.24, 2.45) is 0 Å². The second-order valence-electron chi connectivity index (χ2n) is 5.28. The first kappa shape index (κ1) is 14.5. The Morgan fingerprint density at radius 1 is 1.30 bits per heavy atom. The fraction of sp³-hybridized carbons (Fsp3) is 0.538. The standard InChI is InChI=1S/C13H19N3O4/c1-14-3-5-15(6-4-14)9-10-7-11(16(18)19)8-12(20-2)13(10)17/h7-8,17H,3-6,9H2,1-2H3/p+1. The summed E-state index contributed by atoms with van der Waals surface area (Å²) >= 11 is 0. The Bertz CT molecular complexity index is 499. The highest BCUT2D eigenvalue weighted by Crippen LogP contribution is 2.31. The zero-order valence-corrected chi connectivity index (χ0v) is 11.8. The van der Waals surface area contributed by atoms with Crippen molar-refractivity contribution in [3.05, 3.63) is 27.8 Å². The van der Waals surface area contributed by atoms with Crippen LogP contribution in [0.3, 0.4) is 0 Å². The number of ether oxygens (including phenoxy) is 1. The summed E-state index contributed by atoms with van der Waals surface area (Å²) in [6.07, 6.45) is 0. The zero-order valence-electron chi connectivity index (χ0n) is 11.8. The van der Waals surface area contributed by atoms with Gasteiger partial charge in [-0.3, -0.25) is 10.1 Å². The average Bonchev–Trinajstić information content (AvgIpc) is 2.43. The van der Waals surface area contributed by atoms with Crippen molar-refractivity contribution < 1.29 is 24.6 Å². The van der Waals surface area contributed by atoms with Crippen molar-refractivity contribution >= 4 is 5.69 Å². The van der Waals surface area contributed by atoms with Crippen LogP contribution in [0.2, 0.25) is 0 Å². The van der Waals surface area contributed by atoms with Gasteiger partial charge in [0.1, 0.15) is 38.5 Å². The lowest BCUT2D eigenvalue weighted by atomic mass is 10.1. The molecular weight excluding hydrogens is 262 g/mol. The lowest BCUT2D eigenvalue weighted by molar-refractivity contribution is -1.01. The molecule has 0 bridgehead atoms. The molecule has 1 aromatic rings. The Morgan fingerprint density at radius 2 is 1.95 bits per heavy atom. The first-order chi connectivity index (χ1) is 9.51. The number of likely N-dealkylation sites (N-methyl/N-ethyl adjacent to an activating group) is 1. The van der Waals surface area contributed by atoms with Crippen LogP contribution in [-0.4, -0.2) is 45.3 Å². The molecule has 0 saturated carbocycles. The Kier molecular flexibility index (Phi) is 4.41. The monoisotopic (exact) mass is 282 g/mol. The number of benzene rings is 1. The van der Waals surface area contributed by atoms with Gasteiger partial charge in [-0.25, -0.2) is 0 Å². The smallest absolute Gasteiger partial charge is 0.273 e. The summed E-state index contributed by atoms with van der Waals surface area (Å²) in [7, 11) is 3.50. The van der Waals surface area contributed by atoms with Crippen molar-refractivity contribution in [2.45, 2.75) is 6.54 Å². The molecule has 7 nitrogen and oxygen atoms in total. The predicted molar refractivity (Wildman–Crippen MR) is 70.1 cm³/mol. The highest BCUT2D eigenvalue weighted by atomic mass is 16.6. The van der Waals surface area contributed by atoms with Gasteiger partial charge in [0, 0.05) is 11.6 Å². The van der Waals surface area contributed by atoms with Crippen LogP contribution >= 0.6 is 0 Å². The molecule has 20 heavy (non-hydrogen) atoms. The number of nitrogens with one attached hydrogen (secondary N) is 2. The van der Waals surface area contributed by atoms with E-state index in [9.17, 15) is 15.2 Å². The van der Waals surface area contributed by atoms with Crippen molar-refractivity contribution in [3.8, 4) is 11.5 Å². The van der Waals surface area contributed by atoms with Crippen LogP contribution in [0.1, 0.15) is 5.56 Å². The summed E-state index contributed by atoms with van der Waals surface area (Å²) in [5.74, 6) is -0.190. The van der Waals surface area contributed by atoms with E-state index in [-0.39, 0.29) is 17.2 Å². The van der Waals surface area contributed by atoms with Gasteiger partial charge in [-0.2, -0.15) is 0 Å². The largest absolute Gasteiger partial charge is 0.870 e. The molecule has 1 saturated heterocycles. The summed E-state index contributed by atoms with van der Waals surface area (Å²) in [6, 6.07) is 2.57. The normalized spacial score (nSPS) is 22.5. The van der Waals surface area contributed by atoms with E-state index in [1.165, 1.54) is 29.0 Å². The highest BCUT2D eigenvalue weighted by Gasteiger charge is 2.22. The molecule has 0 amide bonds. The molecular formula is C13H20N3O4+. The van der Waals surface area contributed by atoms with Gasteiger partial charge >= 0.3 is 0 Å². The fourth-order valence-electron chi connectivity index (χ4n) is 2.51. The molecule has 0 radical (unpaired) electrons. The Labute approximate surface area is 117 Å². The van der Waals surface area contributed by atoms with E-state index in [1.54, 1.807) is 0 Å². The maximum Gasteiger partial charge on any atom is 0.273 e. The lowest BCUT2D eigenvalue weighted by Gasteiger charge is -2.28. The van der Waals surface area contributed by atoms with Crippen molar-refractivity contribution in [3.63, 3.8) is 0 Å². The van der Waals surface area contributed by atoms with Gasteiger partial charge in [0.25, 0.3) is 5.69 Å².